The molecule has 2 N–H and O–H groups in total. The quantitative estimate of drug-likeness (QED) is 0.509. The lowest BCUT2D eigenvalue weighted by molar-refractivity contribution is -0.136. The van der Waals surface area contributed by atoms with Crippen LogP contribution in [0.3, 0.4) is 0 Å². The summed E-state index contributed by atoms with van der Waals surface area (Å²) >= 11 is 3.49. The zero-order chi connectivity index (χ0) is 21.1. The molecule has 1 aliphatic heterocycles. The molecule has 1 heterocycles. The number of allylic oxidation sites excluding steroid dienone is 2. The van der Waals surface area contributed by atoms with E-state index in [0.717, 1.165) is 0 Å². The fourth-order valence-electron chi connectivity index (χ4n) is 3.59. The average molecular weight is 464 g/mol. The van der Waals surface area contributed by atoms with Crippen molar-refractivity contribution in [2.75, 3.05) is 20.8 Å². The number of hydrogen-bond donors (Lipinski definition) is 1. The molecule has 3 rings (SSSR count). The van der Waals surface area contributed by atoms with Gasteiger partial charge >= 0.3 is 5.97 Å². The Balaban J connectivity index is 2.20. The Hall–Kier alpha value is -2.74. The van der Waals surface area contributed by atoms with Crippen molar-refractivity contribution < 1.29 is 28.5 Å². The van der Waals surface area contributed by atoms with E-state index in [1.165, 1.54) is 14.2 Å². The smallest absolute Gasteiger partial charge is 0.340 e. The van der Waals surface area contributed by atoms with E-state index in [2.05, 4.69) is 22.5 Å². The largest absolute Gasteiger partial charge is 0.493 e. The second kappa shape index (κ2) is 8.73. The summed E-state index contributed by atoms with van der Waals surface area (Å²) in [4.78, 5) is 25.3. The molecule has 7 nitrogen and oxygen atoms in total. The fourth-order valence-corrected chi connectivity index (χ4v) is 4.16. The van der Waals surface area contributed by atoms with Crippen molar-refractivity contribution in [1.82, 2.24) is 0 Å². The van der Waals surface area contributed by atoms with E-state index in [1.807, 2.05) is 0 Å². The number of carbonyl (C=O) groups excluding carboxylic acids is 2. The molecule has 0 bridgehead atoms. The summed E-state index contributed by atoms with van der Waals surface area (Å²) in [6, 6.07) is 3.50. The Labute approximate surface area is 177 Å². The van der Waals surface area contributed by atoms with Crippen LogP contribution < -0.4 is 15.2 Å². The highest BCUT2D eigenvalue weighted by atomic mass is 79.9. The van der Waals surface area contributed by atoms with Gasteiger partial charge in [0.25, 0.3) is 0 Å². The minimum Gasteiger partial charge on any atom is -0.493 e. The molecular weight excluding hydrogens is 442 g/mol. The van der Waals surface area contributed by atoms with Gasteiger partial charge in [0.15, 0.2) is 17.3 Å². The van der Waals surface area contributed by atoms with E-state index in [1.54, 1.807) is 18.2 Å². The molecule has 0 radical (unpaired) electrons. The first-order valence-electron chi connectivity index (χ1n) is 9.06. The Morgan fingerprint density at radius 3 is 2.79 bits per heavy atom. The third kappa shape index (κ3) is 3.89. The lowest BCUT2D eigenvalue weighted by Crippen LogP contribution is -2.31. The Bertz CT molecular complexity index is 933. The Morgan fingerprint density at radius 1 is 1.38 bits per heavy atom. The highest BCUT2D eigenvalue weighted by Gasteiger charge is 2.41. The molecule has 0 aromatic heterocycles. The molecule has 0 saturated heterocycles. The van der Waals surface area contributed by atoms with Crippen LogP contribution in [0.2, 0.25) is 0 Å². The van der Waals surface area contributed by atoms with Crippen LogP contribution in [0.25, 0.3) is 0 Å². The van der Waals surface area contributed by atoms with Crippen LogP contribution in [0.1, 0.15) is 30.7 Å². The fraction of sp³-hybridized carbons (Fsp3) is 0.333. The molecule has 1 atom stereocenters. The number of rotatable bonds is 6. The van der Waals surface area contributed by atoms with Gasteiger partial charge in [0.2, 0.25) is 5.88 Å². The number of ether oxygens (including phenoxy) is 4. The zero-order valence-corrected chi connectivity index (χ0v) is 17.8. The average Bonchev–Trinajstić information content (AvgIpc) is 2.71. The summed E-state index contributed by atoms with van der Waals surface area (Å²) in [5.74, 6) is -0.0832. The van der Waals surface area contributed by atoms with Crippen LogP contribution >= 0.6 is 15.9 Å². The van der Waals surface area contributed by atoms with Crippen molar-refractivity contribution in [3.8, 4) is 11.5 Å². The Kier molecular flexibility index (Phi) is 6.32. The summed E-state index contributed by atoms with van der Waals surface area (Å²) in [6.45, 7) is 3.93. The second-order valence-corrected chi connectivity index (χ2v) is 7.41. The van der Waals surface area contributed by atoms with Gasteiger partial charge in [-0.25, -0.2) is 4.79 Å². The van der Waals surface area contributed by atoms with Gasteiger partial charge in [0.1, 0.15) is 17.9 Å². The molecular formula is C21H22BrNO6. The Morgan fingerprint density at radius 2 is 2.14 bits per heavy atom. The van der Waals surface area contributed by atoms with E-state index in [9.17, 15) is 9.59 Å². The second-order valence-electron chi connectivity index (χ2n) is 6.55. The number of nitrogens with two attached hydrogens (primary N) is 1. The van der Waals surface area contributed by atoms with Crippen LogP contribution in [0.5, 0.6) is 11.5 Å². The first kappa shape index (κ1) is 21.0. The molecule has 2 aliphatic rings. The number of Topliss-reactive ketones (excluding diaryl/α,β-unsaturated/α-hetero) is 1. The number of hydrogen-bond acceptors (Lipinski definition) is 7. The number of carbonyl (C=O) groups is 2. The topological polar surface area (TPSA) is 97.1 Å². The summed E-state index contributed by atoms with van der Waals surface area (Å²) in [5, 5.41) is 0. The van der Waals surface area contributed by atoms with Crippen molar-refractivity contribution in [3.63, 3.8) is 0 Å². The number of benzene rings is 1. The third-order valence-electron chi connectivity index (χ3n) is 4.82. The first-order valence-corrected chi connectivity index (χ1v) is 9.85. The van der Waals surface area contributed by atoms with Gasteiger partial charge in [0, 0.05) is 18.4 Å². The van der Waals surface area contributed by atoms with Gasteiger partial charge in [-0.05, 0) is 40.0 Å². The van der Waals surface area contributed by atoms with Gasteiger partial charge in [-0.2, -0.15) is 0 Å². The van der Waals surface area contributed by atoms with E-state index < -0.39 is 11.9 Å². The maximum Gasteiger partial charge on any atom is 0.340 e. The van der Waals surface area contributed by atoms with Crippen LogP contribution in [-0.4, -0.2) is 32.6 Å². The monoisotopic (exact) mass is 463 g/mol. The van der Waals surface area contributed by atoms with Gasteiger partial charge in [-0.3, -0.25) is 4.79 Å². The van der Waals surface area contributed by atoms with E-state index in [-0.39, 0.29) is 17.2 Å². The van der Waals surface area contributed by atoms with Crippen LogP contribution in [0.4, 0.5) is 0 Å². The van der Waals surface area contributed by atoms with Gasteiger partial charge < -0.3 is 24.7 Å². The van der Waals surface area contributed by atoms with Crippen molar-refractivity contribution in [2.45, 2.75) is 25.2 Å². The molecule has 154 valence electrons. The minimum atomic E-state index is -0.724. The van der Waals surface area contributed by atoms with E-state index >= 15 is 0 Å². The maximum atomic E-state index is 12.8. The van der Waals surface area contributed by atoms with Gasteiger partial charge in [-0.15, -0.1) is 0 Å². The SMILES string of the molecule is C=CCOc1c(Br)cc([C@@H]2C(C(=O)OC)=C(N)OC3=C2C(=O)CCC3)cc1OC. The van der Waals surface area contributed by atoms with E-state index in [4.69, 9.17) is 24.7 Å². The van der Waals surface area contributed by atoms with Crippen LogP contribution in [-0.2, 0) is 19.1 Å². The molecule has 8 heteroatoms. The lowest BCUT2D eigenvalue weighted by Gasteiger charge is -2.32. The van der Waals surface area contributed by atoms with Crippen LogP contribution in [0, 0.1) is 0 Å². The molecule has 1 aliphatic carbocycles. The van der Waals surface area contributed by atoms with Gasteiger partial charge in [0.05, 0.1) is 24.6 Å². The van der Waals surface area contributed by atoms with Gasteiger partial charge in [-0.1, -0.05) is 12.7 Å². The predicted molar refractivity (Wildman–Crippen MR) is 109 cm³/mol. The molecule has 0 saturated carbocycles. The normalized spacial score (nSPS) is 18.7. The number of ketones is 1. The van der Waals surface area contributed by atoms with Crippen molar-refractivity contribution in [1.29, 1.82) is 0 Å². The highest BCUT2D eigenvalue weighted by Crippen LogP contribution is 2.47. The predicted octanol–water partition coefficient (Wildman–Crippen LogP) is 3.49. The molecule has 1 aromatic carbocycles. The molecule has 29 heavy (non-hydrogen) atoms. The number of halogens is 1. The lowest BCUT2D eigenvalue weighted by atomic mass is 9.77. The minimum absolute atomic E-state index is 0.0580. The number of esters is 1. The summed E-state index contributed by atoms with van der Waals surface area (Å²) in [7, 11) is 2.77. The molecule has 0 amide bonds. The molecule has 0 fully saturated rings. The van der Waals surface area contributed by atoms with Crippen molar-refractivity contribution in [2.24, 2.45) is 5.73 Å². The summed E-state index contributed by atoms with van der Waals surface area (Å²) in [5.41, 5.74) is 7.23. The first-order chi connectivity index (χ1) is 13.9. The highest BCUT2D eigenvalue weighted by molar-refractivity contribution is 9.10. The molecule has 0 spiro atoms. The summed E-state index contributed by atoms with van der Waals surface area (Å²) < 4.78 is 22.3. The van der Waals surface area contributed by atoms with E-state index in [0.29, 0.717) is 58.7 Å². The van der Waals surface area contributed by atoms with Crippen LogP contribution in [0.15, 0.2) is 52.0 Å². The standard InChI is InChI=1S/C21H22BrNO6/c1-4-8-28-19-12(22)9-11(10-15(19)26-2)16-17-13(24)6-5-7-14(17)29-20(23)18(16)21(25)27-3/h4,9-10,16H,1,5-8,23H2,2-3H3/t16-/m0/s1. The number of methoxy groups -OCH3 is 2. The third-order valence-corrected chi connectivity index (χ3v) is 5.41. The van der Waals surface area contributed by atoms with Crippen molar-refractivity contribution in [3.05, 3.63) is 57.6 Å². The molecule has 1 aromatic rings. The zero-order valence-electron chi connectivity index (χ0n) is 16.2. The van der Waals surface area contributed by atoms with Crippen molar-refractivity contribution >= 4 is 27.7 Å². The molecule has 0 unspecified atom stereocenters. The maximum absolute atomic E-state index is 12.8. The summed E-state index contributed by atoms with van der Waals surface area (Å²) in [6.07, 6.45) is 3.25.